The fourth-order valence-corrected chi connectivity index (χ4v) is 3.84. The Morgan fingerprint density at radius 3 is 2.37 bits per heavy atom. The van der Waals surface area contributed by atoms with Crippen LogP contribution in [0.25, 0.3) is 0 Å². The molecule has 2 aliphatic carbocycles. The monoisotopic (exact) mass is 266 g/mol. The lowest BCUT2D eigenvalue weighted by Gasteiger charge is -2.38. The maximum atomic E-state index is 12.4. The number of nitrogens with zero attached hydrogens (tertiary/aromatic N) is 1. The number of amides is 2. The maximum Gasteiger partial charge on any atom is 0.317 e. The van der Waals surface area contributed by atoms with Gasteiger partial charge in [-0.25, -0.2) is 4.79 Å². The number of nitrogens with one attached hydrogen (secondary N) is 1. The predicted molar refractivity (Wildman–Crippen MR) is 73.9 cm³/mol. The number of hydrogen-bond acceptors (Lipinski definition) is 2. The molecule has 2 amide bonds. The highest BCUT2D eigenvalue weighted by atomic mass is 16.3. The zero-order valence-electron chi connectivity index (χ0n) is 11.7. The summed E-state index contributed by atoms with van der Waals surface area (Å²) in [4.78, 5) is 14.5. The molecule has 0 aromatic carbocycles. The van der Waals surface area contributed by atoms with Crippen LogP contribution in [0, 0.1) is 5.92 Å². The Hall–Kier alpha value is -0.770. The number of aliphatic hydroxyl groups excluding tert-OH is 1. The fourth-order valence-electron chi connectivity index (χ4n) is 3.84. The third-order valence-corrected chi connectivity index (χ3v) is 5.28. The molecule has 2 N–H and O–H groups in total. The van der Waals surface area contributed by atoms with E-state index in [0.29, 0.717) is 6.04 Å². The van der Waals surface area contributed by atoms with Crippen LogP contribution in [0.15, 0.2) is 0 Å². The van der Waals surface area contributed by atoms with E-state index in [1.165, 1.54) is 25.7 Å². The van der Waals surface area contributed by atoms with Gasteiger partial charge in [-0.1, -0.05) is 6.42 Å². The zero-order chi connectivity index (χ0) is 13.2. The number of aliphatic hydroxyl groups is 1. The van der Waals surface area contributed by atoms with Gasteiger partial charge >= 0.3 is 6.03 Å². The normalized spacial score (nSPS) is 36.1. The lowest BCUT2D eigenvalue weighted by molar-refractivity contribution is 0.109. The quantitative estimate of drug-likeness (QED) is 0.805. The second kappa shape index (κ2) is 5.70. The number of rotatable bonds is 2. The van der Waals surface area contributed by atoms with Gasteiger partial charge in [0.1, 0.15) is 0 Å². The van der Waals surface area contributed by atoms with Gasteiger partial charge in [-0.2, -0.15) is 0 Å². The van der Waals surface area contributed by atoms with Crippen molar-refractivity contribution in [2.45, 2.75) is 76.0 Å². The Kier molecular flexibility index (Phi) is 3.96. The van der Waals surface area contributed by atoms with E-state index >= 15 is 0 Å². The lowest BCUT2D eigenvalue weighted by atomic mass is 9.79. The molecule has 0 spiro atoms. The van der Waals surface area contributed by atoms with E-state index in [0.717, 1.165) is 44.6 Å². The average molecular weight is 266 g/mol. The van der Waals surface area contributed by atoms with E-state index in [9.17, 15) is 9.90 Å². The minimum absolute atomic E-state index is 0.149. The summed E-state index contributed by atoms with van der Waals surface area (Å²) >= 11 is 0. The van der Waals surface area contributed by atoms with E-state index in [4.69, 9.17) is 0 Å². The van der Waals surface area contributed by atoms with Crippen LogP contribution in [0.5, 0.6) is 0 Å². The minimum Gasteiger partial charge on any atom is -0.393 e. The van der Waals surface area contributed by atoms with Crippen LogP contribution in [0.4, 0.5) is 4.79 Å². The number of hydrogen-bond donors (Lipinski definition) is 2. The highest BCUT2D eigenvalue weighted by Crippen LogP contribution is 2.37. The Labute approximate surface area is 115 Å². The van der Waals surface area contributed by atoms with Crippen LogP contribution in [-0.2, 0) is 0 Å². The van der Waals surface area contributed by atoms with Crippen molar-refractivity contribution in [3.8, 4) is 0 Å². The van der Waals surface area contributed by atoms with Crippen LogP contribution < -0.4 is 5.32 Å². The predicted octanol–water partition coefficient (Wildman–Crippen LogP) is 2.26. The molecule has 1 aliphatic heterocycles. The van der Waals surface area contributed by atoms with Gasteiger partial charge in [0.05, 0.1) is 6.10 Å². The van der Waals surface area contributed by atoms with Gasteiger partial charge in [0.2, 0.25) is 0 Å². The molecule has 1 atom stereocenters. The van der Waals surface area contributed by atoms with E-state index in [1.807, 2.05) is 0 Å². The molecule has 4 nitrogen and oxygen atoms in total. The second-order valence-electron chi connectivity index (χ2n) is 6.55. The first-order chi connectivity index (χ1) is 9.24. The molecule has 1 unspecified atom stereocenters. The van der Waals surface area contributed by atoms with Gasteiger partial charge in [-0.15, -0.1) is 0 Å². The molecule has 0 bridgehead atoms. The Balaban J connectivity index is 1.51. The summed E-state index contributed by atoms with van der Waals surface area (Å²) in [6.07, 6.45) is 9.69. The van der Waals surface area contributed by atoms with E-state index in [2.05, 4.69) is 10.2 Å². The molecule has 1 heterocycles. The van der Waals surface area contributed by atoms with Crippen molar-refractivity contribution >= 4 is 6.03 Å². The molecule has 0 radical (unpaired) electrons. The third-order valence-electron chi connectivity index (χ3n) is 5.28. The number of carbonyl (C=O) groups is 1. The first-order valence-corrected chi connectivity index (χ1v) is 7.99. The SMILES string of the molecule is O=C(NC1CCC(O)CC1)N1CCCC1C1CCC1. The van der Waals surface area contributed by atoms with Crippen molar-refractivity contribution in [1.82, 2.24) is 10.2 Å². The van der Waals surface area contributed by atoms with Crippen LogP contribution >= 0.6 is 0 Å². The van der Waals surface area contributed by atoms with Crippen molar-refractivity contribution in [2.24, 2.45) is 5.92 Å². The molecule has 19 heavy (non-hydrogen) atoms. The molecule has 3 rings (SSSR count). The zero-order valence-corrected chi connectivity index (χ0v) is 11.7. The summed E-state index contributed by atoms with van der Waals surface area (Å²) in [6, 6.07) is 0.928. The standard InChI is InChI=1S/C15H26N2O2/c18-13-8-6-12(7-9-13)16-15(19)17-10-2-5-14(17)11-3-1-4-11/h11-14,18H,1-10H2,(H,16,19). The minimum atomic E-state index is -0.150. The first-order valence-electron chi connectivity index (χ1n) is 7.99. The largest absolute Gasteiger partial charge is 0.393 e. The van der Waals surface area contributed by atoms with Crippen molar-refractivity contribution in [2.75, 3.05) is 6.54 Å². The Morgan fingerprint density at radius 2 is 1.74 bits per heavy atom. The summed E-state index contributed by atoms with van der Waals surface area (Å²) in [5.41, 5.74) is 0. The van der Waals surface area contributed by atoms with Crippen LogP contribution in [0.3, 0.4) is 0 Å². The van der Waals surface area contributed by atoms with Gasteiger partial charge < -0.3 is 15.3 Å². The molecule has 0 aromatic heterocycles. The molecule has 1 saturated heterocycles. The van der Waals surface area contributed by atoms with Gasteiger partial charge in [-0.05, 0) is 57.3 Å². The van der Waals surface area contributed by atoms with Crippen LogP contribution in [0.1, 0.15) is 57.8 Å². The van der Waals surface area contributed by atoms with Gasteiger partial charge in [-0.3, -0.25) is 0 Å². The van der Waals surface area contributed by atoms with E-state index in [-0.39, 0.29) is 18.2 Å². The molecule has 3 fully saturated rings. The van der Waals surface area contributed by atoms with Crippen molar-refractivity contribution < 1.29 is 9.90 Å². The van der Waals surface area contributed by atoms with Crippen LogP contribution in [0.2, 0.25) is 0 Å². The molecular formula is C15H26N2O2. The summed E-state index contributed by atoms with van der Waals surface area (Å²) in [6.45, 7) is 0.933. The summed E-state index contributed by atoms with van der Waals surface area (Å²) in [5.74, 6) is 0.765. The Bertz CT molecular complexity index is 322. The molecule has 2 saturated carbocycles. The highest BCUT2D eigenvalue weighted by molar-refractivity contribution is 5.75. The van der Waals surface area contributed by atoms with Crippen molar-refractivity contribution in [1.29, 1.82) is 0 Å². The van der Waals surface area contributed by atoms with Crippen molar-refractivity contribution in [3.05, 3.63) is 0 Å². The second-order valence-corrected chi connectivity index (χ2v) is 6.55. The van der Waals surface area contributed by atoms with E-state index < -0.39 is 0 Å². The number of likely N-dealkylation sites (tertiary alicyclic amines) is 1. The van der Waals surface area contributed by atoms with Crippen molar-refractivity contribution in [3.63, 3.8) is 0 Å². The molecular weight excluding hydrogens is 240 g/mol. The fraction of sp³-hybridized carbons (Fsp3) is 0.933. The van der Waals surface area contributed by atoms with E-state index in [1.54, 1.807) is 0 Å². The number of urea groups is 1. The molecule has 108 valence electrons. The summed E-state index contributed by atoms with van der Waals surface area (Å²) < 4.78 is 0. The molecule has 3 aliphatic rings. The summed E-state index contributed by atoms with van der Waals surface area (Å²) in [7, 11) is 0. The third kappa shape index (κ3) is 2.88. The summed E-state index contributed by atoms with van der Waals surface area (Å²) in [5, 5.41) is 12.7. The smallest absolute Gasteiger partial charge is 0.317 e. The maximum absolute atomic E-state index is 12.4. The van der Waals surface area contributed by atoms with Crippen LogP contribution in [-0.4, -0.2) is 40.8 Å². The topological polar surface area (TPSA) is 52.6 Å². The highest BCUT2D eigenvalue weighted by Gasteiger charge is 2.37. The number of carbonyl (C=O) groups excluding carboxylic acids is 1. The Morgan fingerprint density at radius 1 is 1.00 bits per heavy atom. The van der Waals surface area contributed by atoms with Gasteiger partial charge in [0.15, 0.2) is 0 Å². The average Bonchev–Trinajstić information content (AvgIpc) is 2.79. The molecule has 0 aromatic rings. The van der Waals surface area contributed by atoms with Gasteiger partial charge in [0.25, 0.3) is 0 Å². The van der Waals surface area contributed by atoms with Gasteiger partial charge in [0, 0.05) is 18.6 Å². The molecule has 4 heteroatoms. The lowest BCUT2D eigenvalue weighted by Crippen LogP contribution is -2.50. The first kappa shape index (κ1) is 13.2.